The van der Waals surface area contributed by atoms with Gasteiger partial charge in [0.05, 0.1) is 11.3 Å². The second-order valence-corrected chi connectivity index (χ2v) is 9.98. The average molecular weight is 590 g/mol. The van der Waals surface area contributed by atoms with Gasteiger partial charge in [-0.25, -0.2) is 0 Å². The molecule has 1 amide bonds. The molecule has 216 valence electrons. The van der Waals surface area contributed by atoms with E-state index in [0.717, 1.165) is 11.3 Å². The third-order valence-corrected chi connectivity index (χ3v) is 6.82. The molecular weight excluding hydrogens is 564 g/mol. The van der Waals surface area contributed by atoms with Crippen molar-refractivity contribution in [3.63, 3.8) is 0 Å². The van der Waals surface area contributed by atoms with E-state index in [9.17, 15) is 35.9 Å². The predicted octanol–water partition coefficient (Wildman–Crippen LogP) is 7.60. The van der Waals surface area contributed by atoms with Gasteiger partial charge in [0, 0.05) is 17.8 Å². The van der Waals surface area contributed by atoms with Gasteiger partial charge in [-0.3, -0.25) is 9.59 Å². The van der Waals surface area contributed by atoms with Crippen LogP contribution < -0.4 is 14.8 Å². The van der Waals surface area contributed by atoms with E-state index in [1.165, 1.54) is 36.4 Å². The summed E-state index contributed by atoms with van der Waals surface area (Å²) in [7, 11) is 0. The monoisotopic (exact) mass is 589 g/mol. The SMILES string of the molecule is Cc1cc(OC(CCC(F)(F)F)c2ccc(C(=O)NCCC(=O)O)s2)cc(C)c1-c1ccc(OC(F)(F)F)cc1. The van der Waals surface area contributed by atoms with Crippen LogP contribution in [0, 0.1) is 13.8 Å². The fourth-order valence-electron chi connectivity index (χ4n) is 4.01. The summed E-state index contributed by atoms with van der Waals surface area (Å²) >= 11 is 0.948. The van der Waals surface area contributed by atoms with Crippen molar-refractivity contribution in [2.75, 3.05) is 6.54 Å². The smallest absolute Gasteiger partial charge is 0.485 e. The Morgan fingerprint density at radius 3 is 2.12 bits per heavy atom. The maximum absolute atomic E-state index is 13.1. The fraction of sp³-hybridized carbons (Fsp3) is 0.333. The van der Waals surface area contributed by atoms with Crippen LogP contribution in [-0.2, 0) is 4.79 Å². The minimum atomic E-state index is -4.82. The van der Waals surface area contributed by atoms with Crippen LogP contribution in [0.2, 0.25) is 0 Å². The number of nitrogens with one attached hydrogen (secondary N) is 1. The van der Waals surface area contributed by atoms with E-state index in [-0.39, 0.29) is 29.3 Å². The Hall–Kier alpha value is -3.74. The molecule has 0 aliphatic carbocycles. The number of carboxylic acid groups (broad SMARTS) is 1. The zero-order chi connectivity index (χ0) is 29.7. The van der Waals surface area contributed by atoms with Crippen molar-refractivity contribution in [3.05, 3.63) is 69.4 Å². The normalized spacial score (nSPS) is 12.6. The molecule has 0 saturated carbocycles. The average Bonchev–Trinajstić information content (AvgIpc) is 3.31. The Bertz CT molecular complexity index is 1310. The Morgan fingerprint density at radius 2 is 1.57 bits per heavy atom. The summed E-state index contributed by atoms with van der Waals surface area (Å²) in [5, 5.41) is 11.2. The van der Waals surface area contributed by atoms with Crippen molar-refractivity contribution < 1.29 is 50.5 Å². The maximum atomic E-state index is 13.1. The van der Waals surface area contributed by atoms with E-state index < -0.39 is 43.4 Å². The van der Waals surface area contributed by atoms with Crippen LogP contribution in [0.3, 0.4) is 0 Å². The molecule has 0 spiro atoms. The van der Waals surface area contributed by atoms with Crippen LogP contribution in [0.15, 0.2) is 48.5 Å². The molecule has 0 saturated heterocycles. The third kappa shape index (κ3) is 9.18. The number of hydrogen-bond donors (Lipinski definition) is 2. The third-order valence-electron chi connectivity index (χ3n) is 5.64. The van der Waals surface area contributed by atoms with Crippen molar-refractivity contribution in [1.82, 2.24) is 5.32 Å². The summed E-state index contributed by atoms with van der Waals surface area (Å²) < 4.78 is 86.5. The van der Waals surface area contributed by atoms with Crippen molar-refractivity contribution in [2.45, 2.75) is 51.8 Å². The Morgan fingerprint density at radius 1 is 0.950 bits per heavy atom. The second-order valence-electron chi connectivity index (χ2n) is 8.87. The first-order valence-electron chi connectivity index (χ1n) is 11.9. The maximum Gasteiger partial charge on any atom is 0.573 e. The zero-order valence-electron chi connectivity index (χ0n) is 21.3. The number of hydrogen-bond acceptors (Lipinski definition) is 5. The predicted molar refractivity (Wildman–Crippen MR) is 136 cm³/mol. The van der Waals surface area contributed by atoms with Gasteiger partial charge in [-0.1, -0.05) is 12.1 Å². The molecule has 0 aliphatic rings. The van der Waals surface area contributed by atoms with E-state index in [2.05, 4.69) is 10.1 Å². The number of ether oxygens (including phenoxy) is 2. The molecule has 1 heterocycles. The number of rotatable bonds is 11. The Balaban J connectivity index is 1.82. The standard InChI is InChI=1S/C27H25F6NO5S/c1-15-13-19(14-16(2)24(15)17-3-5-18(6-4-17)39-27(31,32)33)38-20(9-11-26(28,29)30)21-7-8-22(40-21)25(37)34-12-10-23(35)36/h3-8,13-14,20H,9-12H2,1-2H3,(H,34,37)(H,35,36). The molecule has 6 nitrogen and oxygen atoms in total. The van der Waals surface area contributed by atoms with Crippen molar-refractivity contribution in [3.8, 4) is 22.6 Å². The summed E-state index contributed by atoms with van der Waals surface area (Å²) in [5.74, 6) is -1.72. The van der Waals surface area contributed by atoms with Gasteiger partial charge in [0.2, 0.25) is 0 Å². The van der Waals surface area contributed by atoms with Crippen LogP contribution in [0.5, 0.6) is 11.5 Å². The zero-order valence-corrected chi connectivity index (χ0v) is 22.1. The second kappa shape index (κ2) is 12.6. The molecule has 0 aliphatic heterocycles. The number of carbonyl (C=O) groups excluding carboxylic acids is 1. The number of aliphatic carboxylic acids is 1. The van der Waals surface area contributed by atoms with Gasteiger partial charge in [0.1, 0.15) is 17.6 Å². The van der Waals surface area contributed by atoms with Gasteiger partial charge in [0.15, 0.2) is 0 Å². The molecule has 40 heavy (non-hydrogen) atoms. The molecule has 3 aromatic rings. The first-order chi connectivity index (χ1) is 18.6. The van der Waals surface area contributed by atoms with Gasteiger partial charge < -0.3 is 19.9 Å². The van der Waals surface area contributed by atoms with Crippen LogP contribution in [0.1, 0.15) is 51.0 Å². The quantitative estimate of drug-likeness (QED) is 0.225. The summed E-state index contributed by atoms with van der Waals surface area (Å²) in [5.41, 5.74) is 2.69. The molecule has 2 N–H and O–H groups in total. The number of thiophene rings is 1. The lowest BCUT2D eigenvalue weighted by Gasteiger charge is -2.21. The largest absolute Gasteiger partial charge is 0.573 e. The Labute approximate surface area is 229 Å². The van der Waals surface area contributed by atoms with Gasteiger partial charge in [-0.2, -0.15) is 13.2 Å². The molecule has 1 aromatic heterocycles. The van der Waals surface area contributed by atoms with Gasteiger partial charge in [-0.05, 0) is 78.9 Å². The first-order valence-corrected chi connectivity index (χ1v) is 12.7. The van der Waals surface area contributed by atoms with Gasteiger partial charge >= 0.3 is 18.5 Å². The molecular formula is C27H25F6NO5S. The molecule has 3 rings (SSSR count). The fourth-order valence-corrected chi connectivity index (χ4v) is 5.00. The number of halogens is 6. The van der Waals surface area contributed by atoms with Crippen LogP contribution in [-0.4, -0.2) is 36.1 Å². The highest BCUT2D eigenvalue weighted by atomic mass is 32.1. The number of carbonyl (C=O) groups is 2. The number of aryl methyl sites for hydroxylation is 2. The highest BCUT2D eigenvalue weighted by Gasteiger charge is 2.32. The molecule has 0 bridgehead atoms. The first kappa shape index (κ1) is 30.8. The molecule has 1 atom stereocenters. The molecule has 0 radical (unpaired) electrons. The van der Waals surface area contributed by atoms with E-state index in [1.807, 2.05) is 0 Å². The summed E-state index contributed by atoms with van der Waals surface area (Å²) in [4.78, 5) is 23.5. The molecule has 1 unspecified atom stereocenters. The number of alkyl halides is 6. The number of benzene rings is 2. The lowest BCUT2D eigenvalue weighted by Crippen LogP contribution is -2.25. The van der Waals surface area contributed by atoms with E-state index in [0.29, 0.717) is 27.1 Å². The van der Waals surface area contributed by atoms with E-state index in [1.54, 1.807) is 26.0 Å². The van der Waals surface area contributed by atoms with Crippen molar-refractivity contribution in [1.29, 1.82) is 0 Å². The summed E-state index contributed by atoms with van der Waals surface area (Å²) in [6.07, 6.45) is -12.1. The minimum absolute atomic E-state index is 0.0988. The highest BCUT2D eigenvalue weighted by molar-refractivity contribution is 7.14. The lowest BCUT2D eigenvalue weighted by molar-refractivity contribution is -0.274. The van der Waals surface area contributed by atoms with Crippen LogP contribution in [0.25, 0.3) is 11.1 Å². The van der Waals surface area contributed by atoms with Crippen LogP contribution in [0.4, 0.5) is 26.3 Å². The lowest BCUT2D eigenvalue weighted by atomic mass is 9.95. The Kier molecular flexibility index (Phi) is 9.72. The summed E-state index contributed by atoms with van der Waals surface area (Å²) in [6.45, 7) is 3.38. The van der Waals surface area contributed by atoms with E-state index >= 15 is 0 Å². The van der Waals surface area contributed by atoms with E-state index in [4.69, 9.17) is 9.84 Å². The van der Waals surface area contributed by atoms with Gasteiger partial charge in [0.25, 0.3) is 5.91 Å². The molecule has 0 fully saturated rings. The molecule has 2 aromatic carbocycles. The number of amides is 1. The van der Waals surface area contributed by atoms with Crippen molar-refractivity contribution in [2.24, 2.45) is 0 Å². The highest BCUT2D eigenvalue weighted by Crippen LogP contribution is 2.38. The minimum Gasteiger partial charge on any atom is -0.485 e. The number of carboxylic acids is 1. The van der Waals surface area contributed by atoms with Crippen LogP contribution >= 0.6 is 11.3 Å². The summed E-state index contributed by atoms with van der Waals surface area (Å²) in [6, 6.07) is 11.5. The van der Waals surface area contributed by atoms with Gasteiger partial charge in [-0.15, -0.1) is 24.5 Å². The topological polar surface area (TPSA) is 84.9 Å². The molecule has 13 heteroatoms. The van der Waals surface area contributed by atoms with Crippen molar-refractivity contribution >= 4 is 23.2 Å².